The highest BCUT2D eigenvalue weighted by Gasteiger charge is 2.32. The van der Waals surface area contributed by atoms with Gasteiger partial charge in [0.15, 0.2) is 5.78 Å². The number of hydrogen-bond donors (Lipinski definition) is 2. The molecule has 1 saturated heterocycles. The number of carbonyl (C=O) groups is 2. The summed E-state index contributed by atoms with van der Waals surface area (Å²) in [4.78, 5) is 23.1. The Labute approximate surface area is 82.7 Å². The summed E-state index contributed by atoms with van der Waals surface area (Å²) in [5.41, 5.74) is 0.776. The molecule has 0 aromatic carbocycles. The van der Waals surface area contributed by atoms with Crippen molar-refractivity contribution in [2.24, 2.45) is 5.92 Å². The van der Waals surface area contributed by atoms with Gasteiger partial charge in [-0.2, -0.15) is 0 Å². The van der Waals surface area contributed by atoms with Crippen LogP contribution in [0.25, 0.3) is 0 Å². The van der Waals surface area contributed by atoms with Gasteiger partial charge in [0.25, 0.3) is 0 Å². The van der Waals surface area contributed by atoms with E-state index in [1.165, 1.54) is 0 Å². The molecule has 0 aliphatic carbocycles. The normalized spacial score (nSPS) is 26.4. The predicted molar refractivity (Wildman–Crippen MR) is 51.4 cm³/mol. The van der Waals surface area contributed by atoms with Gasteiger partial charge in [-0.15, -0.1) is 0 Å². The fourth-order valence-corrected chi connectivity index (χ4v) is 1.91. The number of Topliss-reactive ketones (excluding diaryl/α,β-unsaturated/α-hetero) is 1. The summed E-state index contributed by atoms with van der Waals surface area (Å²) in [5, 5.41) is 5.72. The van der Waals surface area contributed by atoms with E-state index >= 15 is 0 Å². The summed E-state index contributed by atoms with van der Waals surface area (Å²) < 4.78 is 0. The van der Waals surface area contributed by atoms with Crippen molar-refractivity contribution < 1.29 is 9.59 Å². The van der Waals surface area contributed by atoms with Crippen LogP contribution in [0.2, 0.25) is 0 Å². The maximum Gasteiger partial charge on any atom is 0.231 e. The second-order valence-corrected chi connectivity index (χ2v) is 3.72. The standard InChI is InChI=1S/C10H14N2O2/c13-9(7-2-1-4-11-6-7)8-3-5-12-10(8)14/h6,8,11H,1-5H2,(H,12,14). The molecule has 14 heavy (non-hydrogen) atoms. The van der Waals surface area contributed by atoms with Crippen LogP contribution in [-0.2, 0) is 9.59 Å². The van der Waals surface area contributed by atoms with E-state index in [0.29, 0.717) is 13.0 Å². The molecule has 2 rings (SSSR count). The molecule has 0 spiro atoms. The summed E-state index contributed by atoms with van der Waals surface area (Å²) in [6, 6.07) is 0. The number of nitrogens with one attached hydrogen (secondary N) is 2. The smallest absolute Gasteiger partial charge is 0.231 e. The number of ketones is 1. The molecule has 0 saturated carbocycles. The molecule has 0 aromatic heterocycles. The molecular weight excluding hydrogens is 180 g/mol. The van der Waals surface area contributed by atoms with Gasteiger partial charge in [0, 0.05) is 24.9 Å². The minimum absolute atomic E-state index is 0.00667. The Morgan fingerprint density at radius 2 is 2.29 bits per heavy atom. The second-order valence-electron chi connectivity index (χ2n) is 3.72. The van der Waals surface area contributed by atoms with Crippen LogP contribution in [0.15, 0.2) is 11.8 Å². The Bertz CT molecular complexity index is 296. The van der Waals surface area contributed by atoms with Crippen LogP contribution >= 0.6 is 0 Å². The van der Waals surface area contributed by atoms with Crippen LogP contribution < -0.4 is 10.6 Å². The van der Waals surface area contributed by atoms with E-state index < -0.39 is 5.92 Å². The quantitative estimate of drug-likeness (QED) is 0.606. The van der Waals surface area contributed by atoms with Crippen molar-refractivity contribution in [1.29, 1.82) is 0 Å². The molecule has 0 bridgehead atoms. The molecule has 2 aliphatic heterocycles. The largest absolute Gasteiger partial charge is 0.391 e. The van der Waals surface area contributed by atoms with Crippen molar-refractivity contribution in [3.05, 3.63) is 11.8 Å². The van der Waals surface area contributed by atoms with Gasteiger partial charge in [-0.05, 0) is 19.3 Å². The number of rotatable bonds is 2. The zero-order chi connectivity index (χ0) is 9.97. The highest BCUT2D eigenvalue weighted by atomic mass is 16.2. The predicted octanol–water partition coefficient (Wildman–Crippen LogP) is -0.0411. The monoisotopic (exact) mass is 194 g/mol. The second kappa shape index (κ2) is 3.82. The molecule has 2 aliphatic rings. The summed E-state index contributed by atoms with van der Waals surface area (Å²) >= 11 is 0. The lowest BCUT2D eigenvalue weighted by atomic mass is 9.93. The SMILES string of the molecule is O=C1NCCC1C(=O)C1=CNCCC1. The van der Waals surface area contributed by atoms with Gasteiger partial charge >= 0.3 is 0 Å². The Balaban J connectivity index is 2.07. The van der Waals surface area contributed by atoms with Crippen molar-refractivity contribution in [2.75, 3.05) is 13.1 Å². The summed E-state index contributed by atoms with van der Waals surface area (Å²) in [5.74, 6) is -0.533. The number of amides is 1. The van der Waals surface area contributed by atoms with E-state index in [1.54, 1.807) is 6.20 Å². The third-order valence-electron chi connectivity index (χ3n) is 2.73. The Hall–Kier alpha value is -1.32. The van der Waals surface area contributed by atoms with Gasteiger partial charge in [-0.1, -0.05) is 0 Å². The van der Waals surface area contributed by atoms with Gasteiger partial charge in [-0.25, -0.2) is 0 Å². The zero-order valence-corrected chi connectivity index (χ0v) is 8.01. The molecule has 1 unspecified atom stereocenters. The molecule has 1 atom stereocenters. The first-order valence-corrected chi connectivity index (χ1v) is 5.03. The van der Waals surface area contributed by atoms with Gasteiger partial charge < -0.3 is 10.6 Å². The van der Waals surface area contributed by atoms with Gasteiger partial charge in [-0.3, -0.25) is 9.59 Å². The van der Waals surface area contributed by atoms with Crippen molar-refractivity contribution in [2.45, 2.75) is 19.3 Å². The topological polar surface area (TPSA) is 58.2 Å². The first-order chi connectivity index (χ1) is 6.79. The van der Waals surface area contributed by atoms with E-state index in [-0.39, 0.29) is 11.7 Å². The first kappa shape index (κ1) is 9.24. The van der Waals surface area contributed by atoms with E-state index in [4.69, 9.17) is 0 Å². The number of hydrogen-bond acceptors (Lipinski definition) is 3. The van der Waals surface area contributed by atoms with Gasteiger partial charge in [0.1, 0.15) is 5.92 Å². The zero-order valence-electron chi connectivity index (χ0n) is 8.01. The van der Waals surface area contributed by atoms with Crippen molar-refractivity contribution in [3.63, 3.8) is 0 Å². The van der Waals surface area contributed by atoms with Crippen LogP contribution in [0.1, 0.15) is 19.3 Å². The average molecular weight is 194 g/mol. The molecule has 4 heteroatoms. The van der Waals surface area contributed by atoms with E-state index in [0.717, 1.165) is 25.0 Å². The molecule has 0 radical (unpaired) electrons. The average Bonchev–Trinajstić information content (AvgIpc) is 2.65. The van der Waals surface area contributed by atoms with Gasteiger partial charge in [0.05, 0.1) is 0 Å². The molecule has 4 nitrogen and oxygen atoms in total. The third kappa shape index (κ3) is 1.64. The summed E-state index contributed by atoms with van der Waals surface area (Å²) in [6.07, 6.45) is 4.19. The summed E-state index contributed by atoms with van der Waals surface area (Å²) in [7, 11) is 0. The molecule has 76 valence electrons. The van der Waals surface area contributed by atoms with Crippen LogP contribution in [-0.4, -0.2) is 24.8 Å². The van der Waals surface area contributed by atoms with E-state index in [9.17, 15) is 9.59 Å². The maximum absolute atomic E-state index is 11.8. The highest BCUT2D eigenvalue weighted by Crippen LogP contribution is 2.19. The van der Waals surface area contributed by atoms with Crippen molar-refractivity contribution >= 4 is 11.7 Å². The lowest BCUT2D eigenvalue weighted by molar-refractivity contribution is -0.129. The minimum atomic E-state index is -0.429. The third-order valence-corrected chi connectivity index (χ3v) is 2.73. The van der Waals surface area contributed by atoms with Crippen LogP contribution in [0, 0.1) is 5.92 Å². The fourth-order valence-electron chi connectivity index (χ4n) is 1.91. The van der Waals surface area contributed by atoms with Crippen molar-refractivity contribution in [3.8, 4) is 0 Å². The lowest BCUT2D eigenvalue weighted by Crippen LogP contribution is -2.28. The van der Waals surface area contributed by atoms with Crippen LogP contribution in [0.5, 0.6) is 0 Å². The number of carbonyl (C=O) groups excluding carboxylic acids is 2. The van der Waals surface area contributed by atoms with E-state index in [1.807, 2.05) is 0 Å². The molecule has 1 amide bonds. The van der Waals surface area contributed by atoms with E-state index in [2.05, 4.69) is 10.6 Å². The van der Waals surface area contributed by atoms with Crippen molar-refractivity contribution in [1.82, 2.24) is 10.6 Å². The van der Waals surface area contributed by atoms with Crippen LogP contribution in [0.3, 0.4) is 0 Å². The number of allylic oxidation sites excluding steroid dienone is 1. The Kier molecular flexibility index (Phi) is 2.52. The minimum Gasteiger partial charge on any atom is -0.391 e. The molecule has 2 N–H and O–H groups in total. The first-order valence-electron chi connectivity index (χ1n) is 5.03. The molecular formula is C10H14N2O2. The Morgan fingerprint density at radius 1 is 1.43 bits per heavy atom. The fraction of sp³-hybridized carbons (Fsp3) is 0.600. The maximum atomic E-state index is 11.8. The molecule has 0 aromatic rings. The van der Waals surface area contributed by atoms with Crippen LogP contribution in [0.4, 0.5) is 0 Å². The van der Waals surface area contributed by atoms with Gasteiger partial charge in [0.2, 0.25) is 5.91 Å². The summed E-state index contributed by atoms with van der Waals surface area (Å²) in [6.45, 7) is 1.56. The Morgan fingerprint density at radius 3 is 2.86 bits per heavy atom. The highest BCUT2D eigenvalue weighted by molar-refractivity contribution is 6.10. The lowest BCUT2D eigenvalue weighted by Gasteiger charge is -2.15. The molecule has 1 fully saturated rings. The molecule has 2 heterocycles.